The third kappa shape index (κ3) is 4.30. The molecule has 3 N–H and O–H groups in total. The quantitative estimate of drug-likeness (QED) is 0.727. The fraction of sp³-hybridized carbons (Fsp3) is 0.529. The van der Waals surface area contributed by atoms with Crippen LogP contribution in [0.1, 0.15) is 31.2 Å². The second-order valence-electron chi connectivity index (χ2n) is 7.03. The van der Waals surface area contributed by atoms with Crippen LogP contribution in [0.5, 0.6) is 0 Å². The number of hydrogen-bond acceptors (Lipinski definition) is 5. The molecule has 0 aliphatic carbocycles. The number of piperidine rings is 1. The Bertz CT molecular complexity index is 839. The minimum absolute atomic E-state index is 0. The zero-order valence-corrected chi connectivity index (χ0v) is 15.1. The van der Waals surface area contributed by atoms with Gasteiger partial charge in [0.25, 0.3) is 0 Å². The molecular formula is C17H20ClF3N4O2. The fourth-order valence-electron chi connectivity index (χ4n) is 4.02. The summed E-state index contributed by atoms with van der Waals surface area (Å²) < 4.78 is 44.9. The average Bonchev–Trinajstić information content (AvgIpc) is 3.17. The van der Waals surface area contributed by atoms with E-state index in [0.717, 1.165) is 31.7 Å². The zero-order valence-electron chi connectivity index (χ0n) is 14.3. The molecule has 2 bridgehead atoms. The lowest BCUT2D eigenvalue weighted by Gasteiger charge is -2.29. The Morgan fingerprint density at radius 1 is 1.22 bits per heavy atom. The molecule has 10 heteroatoms. The number of nitrogens with one attached hydrogen (secondary N) is 3. The van der Waals surface area contributed by atoms with E-state index >= 15 is 0 Å². The van der Waals surface area contributed by atoms with Crippen LogP contribution in [0.15, 0.2) is 27.4 Å². The lowest BCUT2D eigenvalue weighted by Crippen LogP contribution is -2.40. The van der Waals surface area contributed by atoms with Crippen molar-refractivity contribution < 1.29 is 17.6 Å². The highest BCUT2D eigenvalue weighted by Gasteiger charge is 2.35. The first-order valence-corrected chi connectivity index (χ1v) is 8.65. The van der Waals surface area contributed by atoms with Crippen LogP contribution in [0.25, 0.3) is 11.5 Å². The molecule has 2 saturated heterocycles. The van der Waals surface area contributed by atoms with Crippen LogP contribution < -0.4 is 16.4 Å². The molecule has 3 atom stereocenters. The number of fused-ring (bicyclic) bond motifs is 2. The van der Waals surface area contributed by atoms with Gasteiger partial charge in [0.1, 0.15) is 0 Å². The van der Waals surface area contributed by atoms with E-state index < -0.39 is 17.5 Å². The number of halogens is 4. The van der Waals surface area contributed by atoms with Crippen LogP contribution in [-0.2, 0) is 6.18 Å². The van der Waals surface area contributed by atoms with Crippen molar-refractivity contribution in [3.8, 4) is 11.5 Å². The van der Waals surface area contributed by atoms with E-state index in [2.05, 4.69) is 20.8 Å². The van der Waals surface area contributed by atoms with Gasteiger partial charge in [0, 0.05) is 29.9 Å². The van der Waals surface area contributed by atoms with Crippen molar-refractivity contribution in [2.24, 2.45) is 5.92 Å². The summed E-state index contributed by atoms with van der Waals surface area (Å²) in [6.45, 7) is 0.478. The molecule has 1 aromatic heterocycles. The predicted molar refractivity (Wildman–Crippen MR) is 96.0 cm³/mol. The van der Waals surface area contributed by atoms with Crippen LogP contribution in [0.4, 0.5) is 18.9 Å². The number of anilines is 1. The Labute approximate surface area is 159 Å². The molecule has 4 rings (SSSR count). The third-order valence-corrected chi connectivity index (χ3v) is 5.16. The molecule has 2 fully saturated rings. The summed E-state index contributed by atoms with van der Waals surface area (Å²) in [6.07, 6.45) is -0.247. The lowest BCUT2D eigenvalue weighted by atomic mass is 9.92. The minimum atomic E-state index is -4.47. The number of benzene rings is 1. The standard InChI is InChI=1S/C17H19F3N4O2.ClH/c18-17(19,20)13-4-1-10(15-23-24-16(25)26-15)7-14(13)21-8-9-5-11-2-3-12(6-9)22-11;/h1,4,7,9,11-12,21-22H,2-3,5-6,8H2,(H,24,25);1H/t9?,11-,12+;. The molecule has 1 unspecified atom stereocenters. The summed E-state index contributed by atoms with van der Waals surface area (Å²) in [4.78, 5) is 11.1. The average molecular weight is 405 g/mol. The monoisotopic (exact) mass is 404 g/mol. The van der Waals surface area contributed by atoms with E-state index in [4.69, 9.17) is 4.42 Å². The first-order chi connectivity index (χ1) is 12.4. The Morgan fingerprint density at radius 3 is 2.52 bits per heavy atom. The van der Waals surface area contributed by atoms with Crippen molar-refractivity contribution in [1.82, 2.24) is 15.5 Å². The molecule has 6 nitrogen and oxygen atoms in total. The Morgan fingerprint density at radius 2 is 1.93 bits per heavy atom. The van der Waals surface area contributed by atoms with E-state index in [0.29, 0.717) is 30.1 Å². The third-order valence-electron chi connectivity index (χ3n) is 5.16. The molecule has 2 aromatic rings. The van der Waals surface area contributed by atoms with Crippen LogP contribution >= 0.6 is 12.4 Å². The van der Waals surface area contributed by atoms with Crippen molar-refractivity contribution in [1.29, 1.82) is 0 Å². The minimum Gasteiger partial charge on any atom is -0.388 e. The van der Waals surface area contributed by atoms with E-state index in [1.54, 1.807) is 0 Å². The van der Waals surface area contributed by atoms with Crippen molar-refractivity contribution in [3.05, 3.63) is 34.3 Å². The molecule has 148 valence electrons. The van der Waals surface area contributed by atoms with E-state index in [9.17, 15) is 18.0 Å². The van der Waals surface area contributed by atoms with Crippen LogP contribution in [0.2, 0.25) is 0 Å². The van der Waals surface area contributed by atoms with Gasteiger partial charge in [0.15, 0.2) is 0 Å². The first kappa shape index (κ1) is 19.8. The van der Waals surface area contributed by atoms with Gasteiger partial charge < -0.3 is 15.1 Å². The summed E-state index contributed by atoms with van der Waals surface area (Å²) >= 11 is 0. The number of rotatable bonds is 4. The molecule has 27 heavy (non-hydrogen) atoms. The Hall–Kier alpha value is -2.00. The van der Waals surface area contributed by atoms with Crippen LogP contribution in [0.3, 0.4) is 0 Å². The summed E-state index contributed by atoms with van der Waals surface area (Å²) in [6, 6.07) is 4.52. The normalized spacial score (nSPS) is 24.5. The summed E-state index contributed by atoms with van der Waals surface area (Å²) in [5.74, 6) is -0.451. The van der Waals surface area contributed by atoms with E-state index in [-0.39, 0.29) is 24.0 Å². The van der Waals surface area contributed by atoms with Gasteiger partial charge in [0.05, 0.1) is 5.56 Å². The Balaban J connectivity index is 0.00000210. The van der Waals surface area contributed by atoms with Gasteiger partial charge in [-0.15, -0.1) is 17.5 Å². The summed E-state index contributed by atoms with van der Waals surface area (Å²) in [5, 5.41) is 12.3. The van der Waals surface area contributed by atoms with Gasteiger partial charge in [-0.3, -0.25) is 0 Å². The SMILES string of the molecule is Cl.O=c1[nH]nc(-c2ccc(C(F)(F)F)c(NCC3C[C@H]4CC[C@@H](C3)N4)c2)o1. The number of aromatic nitrogens is 2. The molecule has 0 spiro atoms. The molecule has 2 aliphatic rings. The second kappa shape index (κ2) is 7.55. The van der Waals surface area contributed by atoms with Gasteiger partial charge in [-0.05, 0) is 49.8 Å². The number of aromatic amines is 1. The van der Waals surface area contributed by atoms with Gasteiger partial charge >= 0.3 is 11.9 Å². The highest BCUT2D eigenvalue weighted by molar-refractivity contribution is 5.85. The van der Waals surface area contributed by atoms with Crippen LogP contribution in [0, 0.1) is 5.92 Å². The predicted octanol–water partition coefficient (Wildman–Crippen LogP) is 3.41. The first-order valence-electron chi connectivity index (χ1n) is 8.65. The number of alkyl halides is 3. The van der Waals surface area contributed by atoms with E-state index in [1.165, 1.54) is 12.1 Å². The smallest absolute Gasteiger partial charge is 0.388 e. The van der Waals surface area contributed by atoms with Gasteiger partial charge in [-0.25, -0.2) is 9.89 Å². The molecule has 1 aromatic carbocycles. The Kier molecular flexibility index (Phi) is 5.53. The maximum Gasteiger partial charge on any atom is 0.434 e. The lowest BCUT2D eigenvalue weighted by molar-refractivity contribution is -0.136. The van der Waals surface area contributed by atoms with Crippen molar-refractivity contribution in [2.45, 2.75) is 43.9 Å². The summed E-state index contributed by atoms with van der Waals surface area (Å²) in [7, 11) is 0. The largest absolute Gasteiger partial charge is 0.434 e. The maximum atomic E-state index is 13.3. The van der Waals surface area contributed by atoms with Crippen molar-refractivity contribution >= 4 is 18.1 Å². The molecular weight excluding hydrogens is 385 g/mol. The van der Waals surface area contributed by atoms with Crippen LogP contribution in [-0.4, -0.2) is 28.8 Å². The van der Waals surface area contributed by atoms with Gasteiger partial charge in [-0.1, -0.05) is 0 Å². The van der Waals surface area contributed by atoms with E-state index in [1.807, 2.05) is 0 Å². The topological polar surface area (TPSA) is 83.0 Å². The van der Waals surface area contributed by atoms with Gasteiger partial charge in [0.2, 0.25) is 5.89 Å². The van der Waals surface area contributed by atoms with Gasteiger partial charge in [-0.2, -0.15) is 13.2 Å². The molecule has 0 saturated carbocycles. The highest BCUT2D eigenvalue weighted by Crippen LogP contribution is 2.38. The number of nitrogens with zero attached hydrogens (tertiary/aromatic N) is 1. The molecule has 0 amide bonds. The summed E-state index contributed by atoms with van der Waals surface area (Å²) in [5.41, 5.74) is -0.452. The van der Waals surface area contributed by atoms with Crippen molar-refractivity contribution in [3.63, 3.8) is 0 Å². The zero-order chi connectivity index (χ0) is 18.3. The number of H-pyrrole nitrogens is 1. The molecule has 0 radical (unpaired) electrons. The maximum absolute atomic E-state index is 13.3. The highest BCUT2D eigenvalue weighted by atomic mass is 35.5. The number of hydrogen-bond donors (Lipinski definition) is 3. The fourth-order valence-corrected chi connectivity index (χ4v) is 4.02. The van der Waals surface area contributed by atoms with Crippen molar-refractivity contribution in [2.75, 3.05) is 11.9 Å². The molecule has 2 aliphatic heterocycles. The molecule has 3 heterocycles. The second-order valence-corrected chi connectivity index (χ2v) is 7.03.